The number of methoxy groups -OCH3 is 3. The number of fused-ring (bicyclic) bond motifs is 1. The van der Waals surface area contributed by atoms with Crippen molar-refractivity contribution < 1.29 is 33.5 Å². The molecule has 2 aromatic rings. The summed E-state index contributed by atoms with van der Waals surface area (Å²) in [6, 6.07) is 7.44. The van der Waals surface area contributed by atoms with Crippen LogP contribution < -0.4 is 28.4 Å². The van der Waals surface area contributed by atoms with E-state index < -0.39 is 0 Å². The van der Waals surface area contributed by atoms with Gasteiger partial charge in [-0.05, 0) is 30.2 Å². The fourth-order valence-corrected chi connectivity index (χ4v) is 2.93. The zero-order valence-electron chi connectivity index (χ0n) is 16.2. The highest BCUT2D eigenvalue weighted by Crippen LogP contribution is 2.40. The van der Waals surface area contributed by atoms with Crippen LogP contribution in [0.2, 0.25) is 0 Å². The fourth-order valence-electron chi connectivity index (χ4n) is 2.93. The van der Waals surface area contributed by atoms with Crippen LogP contribution in [0.1, 0.15) is 11.1 Å². The lowest BCUT2D eigenvalue weighted by Gasteiger charge is -2.13. The van der Waals surface area contributed by atoms with Gasteiger partial charge < -0.3 is 33.5 Å². The Morgan fingerprint density at radius 3 is 2.21 bits per heavy atom. The quantitative estimate of drug-likeness (QED) is 0.707. The molecule has 0 aromatic heterocycles. The summed E-state index contributed by atoms with van der Waals surface area (Å²) in [7, 11) is 4.74. The normalized spacial score (nSPS) is 12.3. The van der Waals surface area contributed by atoms with Gasteiger partial charge in [-0.2, -0.15) is 0 Å². The van der Waals surface area contributed by atoms with Crippen molar-refractivity contribution in [1.29, 1.82) is 0 Å². The number of aliphatic hydroxyl groups excluding tert-OH is 1. The summed E-state index contributed by atoms with van der Waals surface area (Å²) in [4.78, 5) is 0. The summed E-state index contributed by atoms with van der Waals surface area (Å²) in [6.45, 7) is 0.345. The number of ether oxygens (including phenoxy) is 6. The average Bonchev–Trinajstić information content (AvgIpc) is 3.18. The van der Waals surface area contributed by atoms with Crippen molar-refractivity contribution >= 4 is 6.08 Å². The molecule has 7 nitrogen and oxygen atoms in total. The van der Waals surface area contributed by atoms with Crippen molar-refractivity contribution in [2.24, 2.45) is 0 Å². The molecular weight excluding hydrogens is 364 g/mol. The van der Waals surface area contributed by atoms with Gasteiger partial charge in [-0.3, -0.25) is 0 Å². The zero-order chi connectivity index (χ0) is 19.9. The smallest absolute Gasteiger partial charge is 0.231 e. The van der Waals surface area contributed by atoms with Crippen molar-refractivity contribution in [3.05, 3.63) is 41.5 Å². The summed E-state index contributed by atoms with van der Waals surface area (Å²) >= 11 is 0. The molecule has 0 radical (unpaired) electrons. The Hall–Kier alpha value is -3.06. The summed E-state index contributed by atoms with van der Waals surface area (Å²) in [5, 5.41) is 9.05. The highest BCUT2D eigenvalue weighted by Gasteiger charge is 2.18. The highest BCUT2D eigenvalue weighted by atomic mass is 16.7. The van der Waals surface area contributed by atoms with E-state index in [1.807, 2.05) is 30.4 Å². The first-order chi connectivity index (χ1) is 13.7. The SMILES string of the molecule is COc1cc(/C=C\Cc2cc3c(cc2OCCO)OCO3)cc(OC)c1OC. The van der Waals surface area contributed by atoms with Crippen molar-refractivity contribution in [2.75, 3.05) is 41.3 Å². The van der Waals surface area contributed by atoms with Crippen molar-refractivity contribution in [1.82, 2.24) is 0 Å². The molecule has 0 aliphatic carbocycles. The Kier molecular flexibility index (Phi) is 6.49. The van der Waals surface area contributed by atoms with Crippen molar-refractivity contribution in [3.63, 3.8) is 0 Å². The molecule has 28 heavy (non-hydrogen) atoms. The largest absolute Gasteiger partial charge is 0.493 e. The first-order valence-corrected chi connectivity index (χ1v) is 8.82. The molecule has 150 valence electrons. The molecule has 0 fully saturated rings. The number of benzene rings is 2. The maximum atomic E-state index is 9.05. The van der Waals surface area contributed by atoms with Gasteiger partial charge in [0.2, 0.25) is 12.5 Å². The van der Waals surface area contributed by atoms with E-state index in [0.29, 0.717) is 40.9 Å². The molecule has 2 aromatic carbocycles. The molecule has 0 atom stereocenters. The summed E-state index contributed by atoms with van der Waals surface area (Å²) in [6.07, 6.45) is 4.57. The van der Waals surface area contributed by atoms with Crippen LogP contribution in [0.3, 0.4) is 0 Å². The molecule has 0 amide bonds. The van der Waals surface area contributed by atoms with Crippen LogP contribution >= 0.6 is 0 Å². The van der Waals surface area contributed by atoms with Gasteiger partial charge in [0.1, 0.15) is 12.4 Å². The lowest BCUT2D eigenvalue weighted by molar-refractivity contribution is 0.173. The minimum absolute atomic E-state index is 0.0604. The van der Waals surface area contributed by atoms with E-state index in [1.165, 1.54) is 0 Å². The molecule has 1 aliphatic rings. The number of hydrogen-bond donors (Lipinski definition) is 1. The summed E-state index contributed by atoms with van der Waals surface area (Å²) in [5.74, 6) is 3.73. The van der Waals surface area contributed by atoms with Crippen LogP contribution in [0.5, 0.6) is 34.5 Å². The number of hydrogen-bond acceptors (Lipinski definition) is 7. The second-order valence-electron chi connectivity index (χ2n) is 5.95. The van der Waals surface area contributed by atoms with Gasteiger partial charge in [0.05, 0.1) is 27.9 Å². The van der Waals surface area contributed by atoms with E-state index >= 15 is 0 Å². The molecular formula is C21H24O7. The fraction of sp³-hybridized carbons (Fsp3) is 0.333. The molecule has 1 heterocycles. The third kappa shape index (κ3) is 4.26. The molecule has 0 unspecified atom stereocenters. The minimum atomic E-state index is -0.0604. The predicted molar refractivity (Wildman–Crippen MR) is 104 cm³/mol. The van der Waals surface area contributed by atoms with E-state index in [2.05, 4.69) is 0 Å². The van der Waals surface area contributed by atoms with E-state index in [-0.39, 0.29) is 20.0 Å². The first kappa shape index (κ1) is 19.7. The average molecular weight is 388 g/mol. The molecule has 1 N–H and O–H groups in total. The topological polar surface area (TPSA) is 75.6 Å². The van der Waals surface area contributed by atoms with Gasteiger partial charge >= 0.3 is 0 Å². The molecule has 0 saturated heterocycles. The van der Waals surface area contributed by atoms with Crippen molar-refractivity contribution in [2.45, 2.75) is 6.42 Å². The van der Waals surface area contributed by atoms with Crippen LogP contribution in [-0.4, -0.2) is 46.4 Å². The number of aliphatic hydroxyl groups is 1. The van der Waals surface area contributed by atoms with Crippen LogP contribution in [-0.2, 0) is 6.42 Å². The Morgan fingerprint density at radius 1 is 0.929 bits per heavy atom. The van der Waals surface area contributed by atoms with Crippen LogP contribution in [0.15, 0.2) is 30.3 Å². The lowest BCUT2D eigenvalue weighted by Crippen LogP contribution is -2.03. The highest BCUT2D eigenvalue weighted by molar-refractivity contribution is 5.62. The van der Waals surface area contributed by atoms with Crippen molar-refractivity contribution in [3.8, 4) is 34.5 Å². The van der Waals surface area contributed by atoms with E-state index in [0.717, 1.165) is 11.1 Å². The van der Waals surface area contributed by atoms with E-state index in [4.69, 9.17) is 33.5 Å². The van der Waals surface area contributed by atoms with Gasteiger partial charge in [-0.1, -0.05) is 12.2 Å². The van der Waals surface area contributed by atoms with Crippen LogP contribution in [0.25, 0.3) is 6.08 Å². The second-order valence-corrected chi connectivity index (χ2v) is 5.95. The van der Waals surface area contributed by atoms with Gasteiger partial charge in [-0.25, -0.2) is 0 Å². The van der Waals surface area contributed by atoms with Crippen LogP contribution in [0, 0.1) is 0 Å². The minimum Gasteiger partial charge on any atom is -0.493 e. The van der Waals surface area contributed by atoms with Gasteiger partial charge in [-0.15, -0.1) is 0 Å². The molecule has 1 aliphatic heterocycles. The van der Waals surface area contributed by atoms with Gasteiger partial charge in [0, 0.05) is 11.6 Å². The summed E-state index contributed by atoms with van der Waals surface area (Å²) < 4.78 is 32.6. The predicted octanol–water partition coefficient (Wildman–Crippen LogP) is 3.07. The number of rotatable bonds is 9. The van der Waals surface area contributed by atoms with Crippen LogP contribution in [0.4, 0.5) is 0 Å². The standard InChI is InChI=1S/C21H24O7/c1-23-19-9-14(10-20(24-2)21(19)25-3)5-4-6-15-11-17-18(28-13-27-17)12-16(15)26-8-7-22/h4-5,9-12,22H,6-8,13H2,1-3H3/b5-4-. The summed E-state index contributed by atoms with van der Waals surface area (Å²) in [5.41, 5.74) is 1.84. The molecule has 0 spiro atoms. The molecule has 7 heteroatoms. The molecule has 0 bridgehead atoms. The molecule has 3 rings (SSSR count). The first-order valence-electron chi connectivity index (χ1n) is 8.82. The van der Waals surface area contributed by atoms with Gasteiger partial charge in [0.25, 0.3) is 0 Å². The Bertz CT molecular complexity index is 820. The Balaban J connectivity index is 1.82. The zero-order valence-corrected chi connectivity index (χ0v) is 16.2. The van der Waals surface area contributed by atoms with E-state index in [9.17, 15) is 0 Å². The number of allylic oxidation sites excluding steroid dienone is 1. The third-order valence-electron chi connectivity index (χ3n) is 4.24. The maximum Gasteiger partial charge on any atom is 0.231 e. The van der Waals surface area contributed by atoms with Gasteiger partial charge in [0.15, 0.2) is 23.0 Å². The third-order valence-corrected chi connectivity index (χ3v) is 4.24. The maximum absolute atomic E-state index is 9.05. The van der Waals surface area contributed by atoms with E-state index in [1.54, 1.807) is 27.4 Å². The monoisotopic (exact) mass is 388 g/mol. The Morgan fingerprint density at radius 2 is 1.61 bits per heavy atom. The lowest BCUT2D eigenvalue weighted by atomic mass is 10.1. The molecule has 0 saturated carbocycles. The Labute approximate surface area is 164 Å². The second kappa shape index (κ2) is 9.23.